The van der Waals surface area contributed by atoms with E-state index in [1.165, 1.54) is 25.3 Å². The van der Waals surface area contributed by atoms with Crippen molar-refractivity contribution in [3.63, 3.8) is 0 Å². The van der Waals surface area contributed by atoms with Crippen LogP contribution >= 0.6 is 0 Å². The number of phenols is 2. The molecule has 22 heteroatoms. The number of aliphatic hydroxyl groups excluding tert-OH is 3. The Kier molecular flexibility index (Phi) is 13.1. The summed E-state index contributed by atoms with van der Waals surface area (Å²) >= 11 is 0. The minimum absolute atomic E-state index is 0.00385. The molecule has 7 atom stereocenters. The Morgan fingerprint density at radius 1 is 0.773 bits per heavy atom. The van der Waals surface area contributed by atoms with Gasteiger partial charge in [-0.3, -0.25) is 28.8 Å². The van der Waals surface area contributed by atoms with E-state index in [0.29, 0.717) is 39.1 Å². The standard InChI is InChI=1S/C53H52N4O17S/c1-22(74-49-39-26(15-28-19-36(61)43(51(55)68)48(66)53(28,49)70)16-30-24(5-4-12-57-75(3,71)72)7-9-33(58)40(30)45(39)63)20-56-21-23-6-11-37(73-2)31(13-23)29-8-10-34(59)41-32(29)17-25-14-27-18-35(60)42(50(54)67)47(65)52(27,69)46(64)38(25)44(41)62/h6-11,13,22,25-28,56-61,64,69-70H,12,14-21H2,1-3H3,(H2,54,67)(H2,55,68)/t22?,25-,26-,27+,28+,52+,53-/m1/s1. The first kappa shape index (κ1) is 52.1. The minimum atomic E-state index is -3.56. The lowest BCUT2D eigenvalue weighted by molar-refractivity contribution is -0.147. The summed E-state index contributed by atoms with van der Waals surface area (Å²) in [6.07, 6.45) is -0.784. The van der Waals surface area contributed by atoms with E-state index in [4.69, 9.17) is 20.9 Å². The van der Waals surface area contributed by atoms with Gasteiger partial charge in [0.2, 0.25) is 21.6 Å². The second-order valence-electron chi connectivity index (χ2n) is 19.8. The maximum absolute atomic E-state index is 14.7. The predicted octanol–water partition coefficient (Wildman–Crippen LogP) is 1.69. The maximum atomic E-state index is 14.7. The van der Waals surface area contributed by atoms with Crippen LogP contribution in [0.25, 0.3) is 11.1 Å². The zero-order valence-electron chi connectivity index (χ0n) is 40.6. The van der Waals surface area contributed by atoms with Crippen LogP contribution in [0.5, 0.6) is 17.2 Å². The van der Waals surface area contributed by atoms with Gasteiger partial charge in [0.15, 0.2) is 22.8 Å². The number of fused-ring (bicyclic) bond motifs is 6. The molecule has 0 aromatic heterocycles. The number of carbonyl (C=O) groups is 6. The molecule has 392 valence electrons. The number of nitrogens with two attached hydrogens (primary N) is 2. The summed E-state index contributed by atoms with van der Waals surface area (Å²) in [5.41, 5.74) is 5.55. The molecule has 3 aromatic carbocycles. The molecule has 0 bridgehead atoms. The molecule has 0 heterocycles. The molecular weight excluding hydrogens is 997 g/mol. The minimum Gasteiger partial charge on any atom is -0.511 e. The van der Waals surface area contributed by atoms with Crippen molar-refractivity contribution < 1.29 is 82.4 Å². The molecule has 1 unspecified atom stereocenters. The van der Waals surface area contributed by atoms with Crippen LogP contribution in [0.1, 0.15) is 75.6 Å². The summed E-state index contributed by atoms with van der Waals surface area (Å²) in [4.78, 5) is 81.3. The normalized spacial score (nSPS) is 25.5. The number of Topliss-reactive ketones (excluding diaryl/α,β-unsaturated/α-hetero) is 4. The second kappa shape index (κ2) is 18.8. The lowest BCUT2D eigenvalue weighted by Crippen LogP contribution is -2.58. The van der Waals surface area contributed by atoms with Crippen LogP contribution in [0, 0.1) is 35.5 Å². The van der Waals surface area contributed by atoms with Crippen LogP contribution < -0.4 is 26.2 Å². The fraction of sp³-hybridized carbons (Fsp3) is 0.358. The van der Waals surface area contributed by atoms with Gasteiger partial charge in [-0.15, -0.1) is 0 Å². The smallest absolute Gasteiger partial charge is 0.255 e. The van der Waals surface area contributed by atoms with Crippen molar-refractivity contribution in [2.75, 3.05) is 26.5 Å². The Balaban J connectivity index is 1.01. The van der Waals surface area contributed by atoms with Gasteiger partial charge in [0.25, 0.3) is 11.8 Å². The molecule has 21 nitrogen and oxygen atoms in total. The summed E-state index contributed by atoms with van der Waals surface area (Å²) in [6.45, 7) is 1.50. The van der Waals surface area contributed by atoms with E-state index in [0.717, 1.165) is 6.26 Å². The molecule has 0 saturated heterocycles. The molecule has 3 aromatic rings. The third-order valence-electron chi connectivity index (χ3n) is 15.1. The molecule has 6 aliphatic carbocycles. The Labute approximate surface area is 428 Å². The Morgan fingerprint density at radius 2 is 1.33 bits per heavy atom. The molecule has 9 rings (SSSR count). The first-order chi connectivity index (χ1) is 35.3. The number of amides is 2. The highest BCUT2D eigenvalue weighted by molar-refractivity contribution is 7.88. The number of primary amides is 2. The number of sulfonamides is 1. The Bertz CT molecular complexity index is 3440. The molecule has 13 N–H and O–H groups in total. The van der Waals surface area contributed by atoms with E-state index in [2.05, 4.69) is 21.9 Å². The third-order valence-corrected chi connectivity index (χ3v) is 15.8. The molecule has 0 fully saturated rings. The van der Waals surface area contributed by atoms with Gasteiger partial charge in [-0.2, -0.15) is 0 Å². The molecular formula is C53H52N4O17S. The van der Waals surface area contributed by atoms with E-state index in [1.54, 1.807) is 31.2 Å². The number of rotatable bonds is 12. The Morgan fingerprint density at radius 3 is 1.95 bits per heavy atom. The van der Waals surface area contributed by atoms with Crippen molar-refractivity contribution in [1.82, 2.24) is 10.0 Å². The van der Waals surface area contributed by atoms with Crippen molar-refractivity contribution in [2.24, 2.45) is 35.1 Å². The van der Waals surface area contributed by atoms with E-state index in [9.17, 15) is 72.9 Å². The number of ketones is 4. The first-order valence-electron chi connectivity index (χ1n) is 23.8. The number of allylic oxidation sites excluding steroid dienone is 4. The quantitative estimate of drug-likeness (QED) is 0.0908. The van der Waals surface area contributed by atoms with Crippen molar-refractivity contribution in [3.8, 4) is 40.2 Å². The molecule has 0 aliphatic heterocycles. The third kappa shape index (κ3) is 8.49. The fourth-order valence-electron chi connectivity index (χ4n) is 11.8. The molecule has 2 amide bonds. The monoisotopic (exact) mass is 1050 g/mol. The van der Waals surface area contributed by atoms with Gasteiger partial charge in [0.1, 0.15) is 57.5 Å². The van der Waals surface area contributed by atoms with Crippen LogP contribution in [0.4, 0.5) is 0 Å². The summed E-state index contributed by atoms with van der Waals surface area (Å²) in [6, 6.07) is 10.8. The first-order valence-corrected chi connectivity index (χ1v) is 25.7. The number of hydrogen-bond donors (Lipinski definition) is 11. The van der Waals surface area contributed by atoms with Gasteiger partial charge in [-0.05, 0) is 97.0 Å². The van der Waals surface area contributed by atoms with E-state index < -0.39 is 138 Å². The highest BCUT2D eigenvalue weighted by atomic mass is 32.2. The molecule has 0 spiro atoms. The van der Waals surface area contributed by atoms with Gasteiger partial charge in [-0.1, -0.05) is 24.0 Å². The van der Waals surface area contributed by atoms with Gasteiger partial charge in [0.05, 0.1) is 31.0 Å². The highest BCUT2D eigenvalue weighted by Gasteiger charge is 2.62. The van der Waals surface area contributed by atoms with Crippen LogP contribution in [0.3, 0.4) is 0 Å². The topological polar surface area (TPSA) is 373 Å². The number of phenolic OH excluding ortho intramolecular Hbond substituents is 2. The lowest BCUT2D eigenvalue weighted by Gasteiger charge is -2.47. The predicted molar refractivity (Wildman–Crippen MR) is 263 cm³/mol. The average Bonchev–Trinajstić information content (AvgIpc) is 3.33. The van der Waals surface area contributed by atoms with Crippen molar-refractivity contribution in [1.29, 1.82) is 0 Å². The SMILES string of the molecule is COc1ccc(CNCC(C)OC2=C3C(=O)c4c(O)ccc(C#CCNS(C)(=O)=O)c4C[C@H]3C[C@H]3CC(O)=C(C(N)=O)C(=O)[C@@]23O)cc1-c1ccc(O)c2c1C[C@H]1C[C@H]3CC(O)=C(C(N)=O)C(=O)[C@@]3(O)C(O)=C1C2=O. The number of carbonyl (C=O) groups excluding carboxylic acids is 6. The van der Waals surface area contributed by atoms with E-state index in [1.807, 2.05) is 0 Å². The zero-order valence-corrected chi connectivity index (χ0v) is 41.4. The van der Waals surface area contributed by atoms with Gasteiger partial charge in [0, 0.05) is 60.0 Å². The average molecular weight is 1050 g/mol. The van der Waals surface area contributed by atoms with Gasteiger partial charge < -0.3 is 62.0 Å². The van der Waals surface area contributed by atoms with Gasteiger partial charge in [-0.25, -0.2) is 13.1 Å². The molecule has 0 radical (unpaired) electrons. The molecule has 75 heavy (non-hydrogen) atoms. The zero-order chi connectivity index (χ0) is 54.4. The van der Waals surface area contributed by atoms with Crippen LogP contribution in [-0.4, -0.2) is 123 Å². The summed E-state index contributed by atoms with van der Waals surface area (Å²) < 4.78 is 37.7. The second-order valence-corrected chi connectivity index (χ2v) is 21.6. The van der Waals surface area contributed by atoms with E-state index in [-0.39, 0.29) is 74.0 Å². The maximum Gasteiger partial charge on any atom is 0.255 e. The lowest BCUT2D eigenvalue weighted by atomic mass is 9.60. The fourth-order valence-corrected chi connectivity index (χ4v) is 12.1. The number of aromatic hydroxyl groups is 2. The van der Waals surface area contributed by atoms with Crippen LogP contribution in [0.15, 0.2) is 87.8 Å². The number of benzene rings is 3. The number of aliphatic hydroxyl groups is 5. The van der Waals surface area contributed by atoms with Crippen LogP contribution in [-0.2, 0) is 53.3 Å². The Hall–Kier alpha value is -7.81. The van der Waals surface area contributed by atoms with Crippen LogP contribution in [0.2, 0.25) is 0 Å². The number of methoxy groups -OCH3 is 1. The molecule has 0 saturated carbocycles. The highest BCUT2D eigenvalue weighted by Crippen LogP contribution is 2.55. The number of nitrogens with one attached hydrogen (secondary N) is 2. The van der Waals surface area contributed by atoms with Crippen molar-refractivity contribution in [3.05, 3.63) is 121 Å². The number of ether oxygens (including phenoxy) is 2. The summed E-state index contributed by atoms with van der Waals surface area (Å²) in [5, 5.41) is 82.7. The van der Waals surface area contributed by atoms with Gasteiger partial charge >= 0.3 is 0 Å². The van der Waals surface area contributed by atoms with Crippen molar-refractivity contribution in [2.45, 2.75) is 69.3 Å². The summed E-state index contributed by atoms with van der Waals surface area (Å²) in [7, 11) is -2.13. The van der Waals surface area contributed by atoms with Crippen molar-refractivity contribution >= 4 is 45.0 Å². The largest absolute Gasteiger partial charge is 0.511 e. The summed E-state index contributed by atoms with van der Waals surface area (Å²) in [5.74, 6) is -8.36. The number of hydrogen-bond acceptors (Lipinski definition) is 18. The molecule has 6 aliphatic rings. The van der Waals surface area contributed by atoms with E-state index >= 15 is 0 Å².